The van der Waals surface area contributed by atoms with Crippen LogP contribution in [0.1, 0.15) is 38.4 Å². The topological polar surface area (TPSA) is 126 Å². The molecule has 2 rings (SSSR count). The number of nitrogens with one attached hydrogen (secondary N) is 2. The van der Waals surface area contributed by atoms with E-state index in [4.69, 9.17) is 15.9 Å². The number of aromatic nitrogens is 3. The Kier molecular flexibility index (Phi) is 6.90. The first-order valence-electron chi connectivity index (χ1n) is 9.16. The number of nitrogens with two attached hydrogens (primary N) is 1. The van der Waals surface area contributed by atoms with Crippen molar-refractivity contribution in [2.45, 2.75) is 32.6 Å². The van der Waals surface area contributed by atoms with Crippen LogP contribution in [-0.4, -0.2) is 40.4 Å². The van der Waals surface area contributed by atoms with Crippen LogP contribution in [0.15, 0.2) is 24.9 Å². The largest absolute Gasteiger partial charge is 0.404 e. The van der Waals surface area contributed by atoms with Crippen molar-refractivity contribution in [2.75, 3.05) is 25.1 Å². The summed E-state index contributed by atoms with van der Waals surface area (Å²) in [7, 11) is 0. The number of hydrogen-bond acceptors (Lipinski definition) is 7. The van der Waals surface area contributed by atoms with Gasteiger partial charge in [-0.1, -0.05) is 13.5 Å². The minimum atomic E-state index is -0.784. The molecule has 0 saturated heterocycles. The molecule has 0 aliphatic rings. The molecule has 0 unspecified atom stereocenters. The monoisotopic (exact) mass is 381 g/mol. The number of allylic oxidation sites excluding steroid dienone is 1. The van der Waals surface area contributed by atoms with E-state index in [0.29, 0.717) is 42.3 Å². The molecule has 2 aromatic heterocycles. The fraction of sp³-hybridized carbons (Fsp3) is 0.400. The van der Waals surface area contributed by atoms with Gasteiger partial charge in [-0.05, 0) is 50.3 Å². The van der Waals surface area contributed by atoms with Gasteiger partial charge < -0.3 is 15.8 Å². The van der Waals surface area contributed by atoms with Gasteiger partial charge in [-0.2, -0.15) is 15.0 Å². The summed E-state index contributed by atoms with van der Waals surface area (Å²) in [6.45, 7) is 11.4. The summed E-state index contributed by atoms with van der Waals surface area (Å²) in [5.74, 6) is 0.657. The smallest absolute Gasteiger partial charge is 0.167 e. The maximum Gasteiger partial charge on any atom is 0.167 e. The molecule has 0 spiro atoms. The van der Waals surface area contributed by atoms with Crippen LogP contribution in [0.5, 0.6) is 0 Å². The summed E-state index contributed by atoms with van der Waals surface area (Å²) in [5, 5.41) is 26.3. The number of rotatable bonds is 9. The van der Waals surface area contributed by atoms with Crippen molar-refractivity contribution in [1.29, 1.82) is 10.7 Å². The highest BCUT2D eigenvalue weighted by Crippen LogP contribution is 2.34. The van der Waals surface area contributed by atoms with Crippen molar-refractivity contribution in [1.82, 2.24) is 14.8 Å². The summed E-state index contributed by atoms with van der Waals surface area (Å²) in [5.41, 5.74) is 6.45. The summed E-state index contributed by atoms with van der Waals surface area (Å²) in [6.07, 6.45) is 5.26. The van der Waals surface area contributed by atoms with E-state index in [-0.39, 0.29) is 5.84 Å². The quantitative estimate of drug-likeness (QED) is 0.348. The summed E-state index contributed by atoms with van der Waals surface area (Å²) < 4.78 is 6.89. The van der Waals surface area contributed by atoms with Gasteiger partial charge in [0.2, 0.25) is 0 Å². The van der Waals surface area contributed by atoms with Gasteiger partial charge in [0, 0.05) is 13.2 Å². The number of anilines is 1. The molecular weight excluding hydrogens is 354 g/mol. The maximum atomic E-state index is 9.70. The van der Waals surface area contributed by atoms with Gasteiger partial charge in [-0.15, -0.1) is 0 Å². The summed E-state index contributed by atoms with van der Waals surface area (Å²) >= 11 is 0. The number of fused-ring (bicyclic) bond motifs is 1. The normalized spacial score (nSPS) is 11.6. The van der Waals surface area contributed by atoms with Gasteiger partial charge in [-0.25, -0.2) is 4.98 Å². The first kappa shape index (κ1) is 21.1. The minimum Gasteiger partial charge on any atom is -0.404 e. The molecule has 0 aliphatic carbocycles. The molecule has 0 fully saturated rings. The molecule has 0 radical (unpaired) electrons. The van der Waals surface area contributed by atoms with E-state index in [0.717, 1.165) is 12.0 Å². The molecule has 0 bridgehead atoms. The summed E-state index contributed by atoms with van der Waals surface area (Å²) in [6, 6.07) is 4.19. The van der Waals surface area contributed by atoms with Crippen LogP contribution in [0.4, 0.5) is 5.82 Å². The van der Waals surface area contributed by atoms with Crippen LogP contribution in [-0.2, 0) is 10.2 Å². The second-order valence-electron chi connectivity index (χ2n) is 6.78. The fourth-order valence-electron chi connectivity index (χ4n) is 2.76. The van der Waals surface area contributed by atoms with Crippen molar-refractivity contribution in [3.05, 3.63) is 36.2 Å². The molecule has 4 N–H and O–H groups in total. The lowest BCUT2D eigenvalue weighted by molar-refractivity contribution is 0.144. The number of nitrogens with zero attached hydrogens (tertiary/aromatic N) is 4. The zero-order valence-corrected chi connectivity index (χ0v) is 16.6. The van der Waals surface area contributed by atoms with Gasteiger partial charge >= 0.3 is 0 Å². The van der Waals surface area contributed by atoms with Crippen LogP contribution in [0.25, 0.3) is 17.1 Å². The highest BCUT2D eigenvalue weighted by atomic mass is 16.5. The standard InChI is InChI=1S/C20H27N7O/c1-5-10-28-11-9-24-17-12-14(20(3,4)13-22)18-15(6-2)26-27(19(18)25-17)16(23)7-8-21/h6-8,12,23H,2,5,9-11,21H2,1,3-4H3,(H,24,25)/b8-7-,23-16?. The van der Waals surface area contributed by atoms with Gasteiger partial charge in [-0.3, -0.25) is 5.41 Å². The molecule has 2 aromatic rings. The van der Waals surface area contributed by atoms with Gasteiger partial charge in [0.25, 0.3) is 0 Å². The molecular formula is C20H27N7O. The lowest BCUT2D eigenvalue weighted by Gasteiger charge is -2.19. The van der Waals surface area contributed by atoms with E-state index in [9.17, 15) is 5.26 Å². The third kappa shape index (κ3) is 4.38. The van der Waals surface area contributed by atoms with Crippen LogP contribution in [0, 0.1) is 16.7 Å². The molecule has 0 aromatic carbocycles. The Bertz CT molecular complexity index is 934. The molecule has 0 atom stereocenters. The molecule has 2 heterocycles. The van der Waals surface area contributed by atoms with Crippen molar-refractivity contribution >= 4 is 28.8 Å². The zero-order chi connectivity index (χ0) is 20.7. The number of hydrogen-bond donors (Lipinski definition) is 3. The second-order valence-corrected chi connectivity index (χ2v) is 6.78. The van der Waals surface area contributed by atoms with E-state index in [1.807, 2.05) is 19.9 Å². The highest BCUT2D eigenvalue weighted by Gasteiger charge is 2.28. The van der Waals surface area contributed by atoms with Crippen LogP contribution < -0.4 is 11.1 Å². The Hall–Kier alpha value is -3.18. The Balaban J connectivity index is 2.61. The lowest BCUT2D eigenvalue weighted by atomic mass is 9.84. The van der Waals surface area contributed by atoms with Gasteiger partial charge in [0.1, 0.15) is 11.7 Å². The van der Waals surface area contributed by atoms with E-state index in [2.05, 4.69) is 35.0 Å². The molecule has 8 heteroatoms. The molecule has 28 heavy (non-hydrogen) atoms. The fourth-order valence-corrected chi connectivity index (χ4v) is 2.76. The van der Waals surface area contributed by atoms with Crippen molar-refractivity contribution < 1.29 is 4.74 Å². The van der Waals surface area contributed by atoms with Gasteiger partial charge in [0.05, 0.1) is 29.2 Å². The van der Waals surface area contributed by atoms with Crippen molar-refractivity contribution in [2.24, 2.45) is 5.73 Å². The minimum absolute atomic E-state index is 0.0669. The molecule has 0 aliphatic heterocycles. The second kappa shape index (κ2) is 9.15. The van der Waals surface area contributed by atoms with Crippen LogP contribution >= 0.6 is 0 Å². The maximum absolute atomic E-state index is 9.70. The van der Waals surface area contributed by atoms with Crippen LogP contribution in [0.2, 0.25) is 0 Å². The van der Waals surface area contributed by atoms with E-state index >= 15 is 0 Å². The Morgan fingerprint density at radius 1 is 1.50 bits per heavy atom. The first-order chi connectivity index (χ1) is 13.4. The molecule has 0 amide bonds. The average molecular weight is 381 g/mol. The summed E-state index contributed by atoms with van der Waals surface area (Å²) in [4.78, 5) is 4.63. The first-order valence-corrected chi connectivity index (χ1v) is 9.16. The SMILES string of the molecule is C=Cc1nn(C(=N)/C=C\N)c2nc(NCCOCCC)cc(C(C)(C)C#N)c12. The molecule has 148 valence electrons. The van der Waals surface area contributed by atoms with Crippen molar-refractivity contribution in [3.63, 3.8) is 0 Å². The predicted molar refractivity (Wildman–Crippen MR) is 112 cm³/mol. The Morgan fingerprint density at radius 2 is 2.25 bits per heavy atom. The number of nitriles is 1. The average Bonchev–Trinajstić information content (AvgIpc) is 3.06. The zero-order valence-electron chi connectivity index (χ0n) is 16.6. The molecule has 0 saturated carbocycles. The third-order valence-electron chi connectivity index (χ3n) is 4.19. The number of ether oxygens (including phenoxy) is 1. The Morgan fingerprint density at radius 3 is 2.86 bits per heavy atom. The van der Waals surface area contributed by atoms with E-state index < -0.39 is 5.41 Å². The van der Waals surface area contributed by atoms with E-state index in [1.165, 1.54) is 17.0 Å². The molecule has 8 nitrogen and oxygen atoms in total. The Labute approximate surface area is 165 Å². The van der Waals surface area contributed by atoms with E-state index in [1.54, 1.807) is 6.08 Å². The van der Waals surface area contributed by atoms with Crippen molar-refractivity contribution in [3.8, 4) is 6.07 Å². The predicted octanol–water partition coefficient (Wildman–Crippen LogP) is 3.01. The van der Waals surface area contributed by atoms with Gasteiger partial charge in [0.15, 0.2) is 5.65 Å². The van der Waals surface area contributed by atoms with Crippen LogP contribution in [0.3, 0.4) is 0 Å². The highest BCUT2D eigenvalue weighted by molar-refractivity contribution is 6.01. The number of pyridine rings is 1. The third-order valence-corrected chi connectivity index (χ3v) is 4.19. The lowest BCUT2D eigenvalue weighted by Crippen LogP contribution is -2.18.